The van der Waals surface area contributed by atoms with E-state index in [1.165, 1.54) is 0 Å². The minimum atomic E-state index is -0.343. The molecular weight excluding hydrogens is 220 g/mol. The van der Waals surface area contributed by atoms with Crippen LogP contribution in [0.3, 0.4) is 0 Å². The summed E-state index contributed by atoms with van der Waals surface area (Å²) in [5.41, 5.74) is 0.812. The lowest BCUT2D eigenvalue weighted by Crippen LogP contribution is -2.53. The molecule has 0 aromatic carbocycles. The number of amides is 2. The third-order valence-corrected chi connectivity index (χ3v) is 2.64. The minimum Gasteiger partial charge on any atom is -0.369 e. The van der Waals surface area contributed by atoms with Gasteiger partial charge in [-0.25, -0.2) is 0 Å². The first kappa shape index (κ1) is 13.6. The molecule has 94 valence electrons. The van der Waals surface area contributed by atoms with Crippen molar-refractivity contribution in [3.05, 3.63) is 24.8 Å². The highest BCUT2D eigenvalue weighted by atomic mass is 16.5. The van der Waals surface area contributed by atoms with E-state index < -0.39 is 0 Å². The number of imide groups is 1. The van der Waals surface area contributed by atoms with Crippen LogP contribution in [-0.4, -0.2) is 43.1 Å². The number of carbonyl (C=O) groups excluding carboxylic acids is 2. The molecule has 1 N–H and O–H groups in total. The van der Waals surface area contributed by atoms with Gasteiger partial charge in [-0.2, -0.15) is 0 Å². The monoisotopic (exact) mass is 238 g/mol. The summed E-state index contributed by atoms with van der Waals surface area (Å²) in [6.45, 7) is 8.27. The molecule has 1 unspecified atom stereocenters. The smallest absolute Gasteiger partial charge is 0.243 e. The molecule has 5 heteroatoms. The largest absolute Gasteiger partial charge is 0.369 e. The predicted octanol–water partition coefficient (Wildman–Crippen LogP) is 0.440. The fourth-order valence-electron chi connectivity index (χ4n) is 1.77. The molecule has 1 rings (SSSR count). The maximum Gasteiger partial charge on any atom is 0.243 e. The molecule has 1 atom stereocenters. The average Bonchev–Trinajstić information content (AvgIpc) is 2.28. The third kappa shape index (κ3) is 3.80. The van der Waals surface area contributed by atoms with Crippen LogP contribution in [0.2, 0.25) is 0 Å². The second kappa shape index (κ2) is 6.32. The van der Waals surface area contributed by atoms with E-state index in [0.29, 0.717) is 26.1 Å². The highest BCUT2D eigenvalue weighted by molar-refractivity contribution is 6.00. The molecule has 0 aromatic rings. The van der Waals surface area contributed by atoms with Gasteiger partial charge in [0.05, 0.1) is 12.8 Å². The number of hydrogen-bond acceptors (Lipinski definition) is 4. The van der Waals surface area contributed by atoms with Crippen molar-refractivity contribution in [1.82, 2.24) is 10.2 Å². The molecule has 1 aliphatic rings. The second-order valence-corrected chi connectivity index (χ2v) is 3.99. The lowest BCUT2D eigenvalue weighted by molar-refractivity contribution is -0.139. The highest BCUT2D eigenvalue weighted by Crippen LogP contribution is 2.13. The molecule has 2 amide bonds. The van der Waals surface area contributed by atoms with Gasteiger partial charge >= 0.3 is 0 Å². The van der Waals surface area contributed by atoms with Gasteiger partial charge in [-0.05, 0) is 12.0 Å². The van der Waals surface area contributed by atoms with Gasteiger partial charge in [0.1, 0.15) is 0 Å². The molecule has 0 spiro atoms. The Balaban J connectivity index is 2.68. The number of piperidine rings is 1. The summed E-state index contributed by atoms with van der Waals surface area (Å²) in [4.78, 5) is 24.6. The van der Waals surface area contributed by atoms with Gasteiger partial charge in [0.2, 0.25) is 11.8 Å². The van der Waals surface area contributed by atoms with Crippen LogP contribution in [0.15, 0.2) is 24.8 Å². The Labute approximate surface area is 101 Å². The third-order valence-electron chi connectivity index (χ3n) is 2.64. The van der Waals surface area contributed by atoms with Crippen molar-refractivity contribution in [1.29, 1.82) is 0 Å². The first-order valence-electron chi connectivity index (χ1n) is 5.45. The number of carbonyl (C=O) groups is 2. The fraction of sp³-hybridized carbons (Fsp3) is 0.500. The fourth-order valence-corrected chi connectivity index (χ4v) is 1.77. The number of ether oxygens (including phenoxy) is 1. The van der Waals surface area contributed by atoms with Crippen molar-refractivity contribution in [3.63, 3.8) is 0 Å². The Kier molecular flexibility index (Phi) is 5.06. The van der Waals surface area contributed by atoms with Crippen LogP contribution in [0.4, 0.5) is 0 Å². The molecule has 17 heavy (non-hydrogen) atoms. The standard InChI is InChI=1S/C12H18N2O3/c1-4-9(2)7-14(8-17-3)10-5-6-11(15)13-12(10)16/h4,10H,1-2,5-8H2,3H3,(H,13,15,16). The summed E-state index contributed by atoms with van der Waals surface area (Å²) < 4.78 is 5.06. The zero-order chi connectivity index (χ0) is 12.8. The molecule has 0 bridgehead atoms. The minimum absolute atomic E-state index is 0.217. The average molecular weight is 238 g/mol. The number of nitrogens with zero attached hydrogens (tertiary/aromatic N) is 1. The number of hydrogen-bond donors (Lipinski definition) is 1. The van der Waals surface area contributed by atoms with Crippen molar-refractivity contribution in [2.75, 3.05) is 20.4 Å². The Morgan fingerprint density at radius 2 is 2.35 bits per heavy atom. The predicted molar refractivity (Wildman–Crippen MR) is 64.1 cm³/mol. The Hall–Kier alpha value is -1.46. The Morgan fingerprint density at radius 3 is 2.88 bits per heavy atom. The van der Waals surface area contributed by atoms with Crippen molar-refractivity contribution < 1.29 is 14.3 Å². The molecular formula is C12H18N2O3. The van der Waals surface area contributed by atoms with Crippen LogP contribution in [0.25, 0.3) is 0 Å². The summed E-state index contributed by atoms with van der Waals surface area (Å²) in [6, 6.07) is -0.343. The lowest BCUT2D eigenvalue weighted by Gasteiger charge is -2.32. The molecule has 1 aliphatic heterocycles. The van der Waals surface area contributed by atoms with Gasteiger partial charge in [0.25, 0.3) is 0 Å². The van der Waals surface area contributed by atoms with E-state index in [1.54, 1.807) is 13.2 Å². The van der Waals surface area contributed by atoms with Crippen molar-refractivity contribution in [2.45, 2.75) is 18.9 Å². The molecule has 0 radical (unpaired) electrons. The van der Waals surface area contributed by atoms with E-state index in [9.17, 15) is 9.59 Å². The molecule has 0 saturated carbocycles. The molecule has 1 heterocycles. The Morgan fingerprint density at radius 1 is 1.65 bits per heavy atom. The number of methoxy groups -OCH3 is 1. The van der Waals surface area contributed by atoms with E-state index >= 15 is 0 Å². The normalized spacial score (nSPS) is 20.2. The van der Waals surface area contributed by atoms with Gasteiger partial charge in [0.15, 0.2) is 0 Å². The van der Waals surface area contributed by atoms with Crippen LogP contribution >= 0.6 is 0 Å². The summed E-state index contributed by atoms with van der Waals surface area (Å²) in [5, 5.41) is 2.33. The lowest BCUT2D eigenvalue weighted by atomic mass is 10.0. The zero-order valence-electron chi connectivity index (χ0n) is 10.1. The van der Waals surface area contributed by atoms with Gasteiger partial charge in [0, 0.05) is 20.1 Å². The van der Waals surface area contributed by atoms with E-state index in [2.05, 4.69) is 18.5 Å². The van der Waals surface area contributed by atoms with E-state index in [0.717, 1.165) is 5.57 Å². The highest BCUT2D eigenvalue weighted by Gasteiger charge is 2.31. The maximum absolute atomic E-state index is 11.7. The van der Waals surface area contributed by atoms with Crippen LogP contribution in [-0.2, 0) is 14.3 Å². The first-order chi connectivity index (χ1) is 8.08. The first-order valence-corrected chi connectivity index (χ1v) is 5.45. The number of rotatable bonds is 6. The van der Waals surface area contributed by atoms with Crippen molar-refractivity contribution >= 4 is 11.8 Å². The summed E-state index contributed by atoms with van der Waals surface area (Å²) in [7, 11) is 1.57. The van der Waals surface area contributed by atoms with Crippen LogP contribution in [0.5, 0.6) is 0 Å². The Bertz CT molecular complexity index is 339. The summed E-state index contributed by atoms with van der Waals surface area (Å²) in [5.74, 6) is -0.485. The van der Waals surface area contributed by atoms with Gasteiger partial charge in [-0.3, -0.25) is 19.8 Å². The molecule has 0 aromatic heterocycles. The van der Waals surface area contributed by atoms with Crippen LogP contribution < -0.4 is 5.32 Å². The molecule has 5 nitrogen and oxygen atoms in total. The zero-order valence-corrected chi connectivity index (χ0v) is 10.1. The van der Waals surface area contributed by atoms with Crippen LogP contribution in [0, 0.1) is 0 Å². The van der Waals surface area contributed by atoms with Gasteiger partial charge < -0.3 is 4.74 Å². The quantitative estimate of drug-likeness (QED) is 0.414. The number of nitrogens with one attached hydrogen (secondary N) is 1. The van der Waals surface area contributed by atoms with E-state index in [-0.39, 0.29) is 17.9 Å². The van der Waals surface area contributed by atoms with E-state index in [1.807, 2.05) is 4.90 Å². The SMILES string of the molecule is C=CC(=C)CN(COC)C1CCC(=O)NC1=O. The van der Waals surface area contributed by atoms with Crippen LogP contribution in [0.1, 0.15) is 12.8 Å². The topological polar surface area (TPSA) is 58.6 Å². The summed E-state index contributed by atoms with van der Waals surface area (Å²) in [6.07, 6.45) is 2.52. The molecule has 0 aliphatic carbocycles. The van der Waals surface area contributed by atoms with Gasteiger partial charge in [-0.1, -0.05) is 19.2 Å². The van der Waals surface area contributed by atoms with E-state index in [4.69, 9.17) is 4.74 Å². The summed E-state index contributed by atoms with van der Waals surface area (Å²) >= 11 is 0. The van der Waals surface area contributed by atoms with Crippen molar-refractivity contribution in [2.24, 2.45) is 0 Å². The molecule has 1 fully saturated rings. The van der Waals surface area contributed by atoms with Crippen molar-refractivity contribution in [3.8, 4) is 0 Å². The van der Waals surface area contributed by atoms with Gasteiger partial charge in [-0.15, -0.1) is 0 Å². The molecule has 1 saturated heterocycles. The second-order valence-electron chi connectivity index (χ2n) is 3.99. The maximum atomic E-state index is 11.7.